The Bertz CT molecular complexity index is 727. The van der Waals surface area contributed by atoms with Crippen LogP contribution in [0.25, 0.3) is 0 Å². The molecule has 32 heavy (non-hydrogen) atoms. The number of hydrogen-bond donors (Lipinski definition) is 1. The van der Waals surface area contributed by atoms with Crippen molar-refractivity contribution in [1.29, 1.82) is 0 Å². The number of nitrogens with one attached hydrogen (secondary N) is 1. The molecule has 1 N–H and O–H groups in total. The molecule has 0 aromatic carbocycles. The number of alkyl halides is 3. The van der Waals surface area contributed by atoms with Gasteiger partial charge in [-0.05, 0) is 0 Å². The van der Waals surface area contributed by atoms with E-state index >= 15 is 0 Å². The number of halogens is 3. The molecule has 1 fully saturated rings. The number of amides is 1. The molecule has 0 bridgehead atoms. The van der Waals surface area contributed by atoms with Crippen LogP contribution in [0.2, 0.25) is 0 Å². The summed E-state index contributed by atoms with van der Waals surface area (Å²) in [4.78, 5) is 58.4. The topological polar surface area (TPSA) is 153 Å². The van der Waals surface area contributed by atoms with Gasteiger partial charge in [0.2, 0.25) is 10.1 Å². The standard InChI is InChI=1S/C17H22Cl3NO11/c1-7(22)27-5-11-13(29-8(2)23)14(30-9(3)24)12(15(32-11)31-10(4)25)21-16(26)28-6-17(18,19)20/h11-15H,5-6H2,1-4H3,(H,21,26)/t11-,12-,13+,14-,15+/m1/s1. The lowest BCUT2D eigenvalue weighted by Crippen LogP contribution is -2.67. The molecule has 1 aliphatic rings. The Morgan fingerprint density at radius 2 is 1.34 bits per heavy atom. The zero-order valence-corrected chi connectivity index (χ0v) is 19.7. The lowest BCUT2D eigenvalue weighted by atomic mass is 9.96. The van der Waals surface area contributed by atoms with Gasteiger partial charge in [0.15, 0.2) is 12.2 Å². The molecular weight excluding hydrogens is 501 g/mol. The van der Waals surface area contributed by atoms with E-state index in [0.717, 1.165) is 27.7 Å². The van der Waals surface area contributed by atoms with Gasteiger partial charge in [-0.25, -0.2) is 4.79 Å². The van der Waals surface area contributed by atoms with Gasteiger partial charge in [0.1, 0.15) is 25.4 Å². The van der Waals surface area contributed by atoms with Crippen LogP contribution < -0.4 is 5.32 Å². The Labute approximate surface area is 198 Å². The number of rotatable bonds is 7. The van der Waals surface area contributed by atoms with E-state index in [9.17, 15) is 24.0 Å². The maximum Gasteiger partial charge on any atom is 0.407 e. The molecule has 1 heterocycles. The van der Waals surface area contributed by atoms with E-state index in [1.54, 1.807) is 0 Å². The maximum atomic E-state index is 12.2. The van der Waals surface area contributed by atoms with Crippen molar-refractivity contribution < 1.29 is 52.4 Å². The van der Waals surface area contributed by atoms with Crippen molar-refractivity contribution in [3.63, 3.8) is 0 Å². The van der Waals surface area contributed by atoms with Crippen LogP contribution in [0.1, 0.15) is 27.7 Å². The van der Waals surface area contributed by atoms with Crippen molar-refractivity contribution in [2.24, 2.45) is 0 Å². The molecule has 0 aromatic heterocycles. The Morgan fingerprint density at radius 3 is 1.81 bits per heavy atom. The first-order chi connectivity index (χ1) is 14.7. The van der Waals surface area contributed by atoms with Gasteiger partial charge in [-0.15, -0.1) is 0 Å². The lowest BCUT2D eigenvalue weighted by molar-refractivity contribution is -0.270. The van der Waals surface area contributed by atoms with E-state index in [1.165, 1.54) is 0 Å². The van der Waals surface area contributed by atoms with Gasteiger partial charge in [-0.2, -0.15) is 0 Å². The van der Waals surface area contributed by atoms with Crippen molar-refractivity contribution >= 4 is 64.8 Å². The molecule has 15 heteroatoms. The summed E-state index contributed by atoms with van der Waals surface area (Å²) in [5.74, 6) is -3.13. The molecular formula is C17H22Cl3NO11. The average Bonchev–Trinajstić information content (AvgIpc) is 2.61. The Balaban J connectivity index is 3.28. The van der Waals surface area contributed by atoms with Gasteiger partial charge < -0.3 is 33.7 Å². The Hall–Kier alpha value is -2.02. The fourth-order valence-corrected chi connectivity index (χ4v) is 2.81. The normalized spacial score (nSPS) is 25.2. The molecule has 12 nitrogen and oxygen atoms in total. The minimum absolute atomic E-state index is 0.451. The molecule has 0 radical (unpaired) electrons. The first kappa shape index (κ1) is 28.0. The molecule has 182 valence electrons. The van der Waals surface area contributed by atoms with Crippen LogP contribution in [0, 0.1) is 0 Å². The fraction of sp³-hybridized carbons (Fsp3) is 0.706. The summed E-state index contributed by atoms with van der Waals surface area (Å²) in [5, 5.41) is 2.28. The molecule has 0 unspecified atom stereocenters. The largest absolute Gasteiger partial charge is 0.463 e. The van der Waals surface area contributed by atoms with Crippen LogP contribution in [0.15, 0.2) is 0 Å². The van der Waals surface area contributed by atoms with Crippen molar-refractivity contribution in [3.05, 3.63) is 0 Å². The zero-order chi connectivity index (χ0) is 24.6. The van der Waals surface area contributed by atoms with E-state index < -0.39 is 77.6 Å². The number of carbonyl (C=O) groups is 5. The summed E-state index contributed by atoms with van der Waals surface area (Å²) in [6.45, 7) is 3.22. The second kappa shape index (κ2) is 12.3. The van der Waals surface area contributed by atoms with Gasteiger partial charge in [0, 0.05) is 27.7 Å². The van der Waals surface area contributed by atoms with Crippen LogP contribution >= 0.6 is 34.8 Å². The molecule has 0 aromatic rings. The van der Waals surface area contributed by atoms with Crippen LogP contribution in [0.5, 0.6) is 0 Å². The first-order valence-electron chi connectivity index (χ1n) is 9.00. The molecule has 1 saturated heterocycles. The van der Waals surface area contributed by atoms with E-state index in [4.69, 9.17) is 63.2 Å². The van der Waals surface area contributed by atoms with Gasteiger partial charge in [0.05, 0.1) is 0 Å². The SMILES string of the molecule is CC(=O)OC[C@H]1O[C@H](OC(C)=O)[C@H](NC(=O)OCC(Cl)(Cl)Cl)[C@@H](OC(C)=O)[C@H]1OC(C)=O. The van der Waals surface area contributed by atoms with Crippen LogP contribution in [0.3, 0.4) is 0 Å². The monoisotopic (exact) mass is 521 g/mol. The number of ether oxygens (including phenoxy) is 6. The lowest BCUT2D eigenvalue weighted by Gasteiger charge is -2.44. The van der Waals surface area contributed by atoms with E-state index in [1.807, 2.05) is 0 Å². The highest BCUT2D eigenvalue weighted by Gasteiger charge is 2.52. The highest BCUT2D eigenvalue weighted by molar-refractivity contribution is 6.67. The minimum Gasteiger partial charge on any atom is -0.463 e. The van der Waals surface area contributed by atoms with Crippen LogP contribution in [-0.2, 0) is 47.6 Å². The number of hydrogen-bond acceptors (Lipinski definition) is 11. The van der Waals surface area contributed by atoms with Crippen LogP contribution in [-0.4, -0.2) is 77.6 Å². The molecule has 1 aliphatic heterocycles. The molecule has 1 amide bonds. The summed E-state index contributed by atoms with van der Waals surface area (Å²) in [6, 6.07) is -1.43. The highest BCUT2D eigenvalue weighted by atomic mass is 35.6. The highest BCUT2D eigenvalue weighted by Crippen LogP contribution is 2.29. The second-order valence-corrected chi connectivity index (χ2v) is 8.98. The quantitative estimate of drug-likeness (QED) is 0.291. The van der Waals surface area contributed by atoms with Gasteiger partial charge >= 0.3 is 30.0 Å². The van der Waals surface area contributed by atoms with E-state index in [0.29, 0.717) is 0 Å². The maximum absolute atomic E-state index is 12.2. The third kappa shape index (κ3) is 10.1. The van der Waals surface area contributed by atoms with E-state index in [2.05, 4.69) is 5.32 Å². The molecule has 0 aliphatic carbocycles. The first-order valence-corrected chi connectivity index (χ1v) is 10.1. The van der Waals surface area contributed by atoms with Crippen molar-refractivity contribution in [1.82, 2.24) is 5.32 Å². The minimum atomic E-state index is -1.92. The second-order valence-electron chi connectivity index (χ2n) is 6.46. The summed E-state index contributed by atoms with van der Waals surface area (Å²) in [7, 11) is 0. The summed E-state index contributed by atoms with van der Waals surface area (Å²) in [6.07, 6.45) is -6.77. The molecule has 5 atom stereocenters. The summed E-state index contributed by atoms with van der Waals surface area (Å²) in [5.41, 5.74) is 0. The van der Waals surface area contributed by atoms with Gasteiger partial charge in [0.25, 0.3) is 0 Å². The zero-order valence-electron chi connectivity index (χ0n) is 17.4. The van der Waals surface area contributed by atoms with Gasteiger partial charge in [-0.1, -0.05) is 34.8 Å². The predicted molar refractivity (Wildman–Crippen MR) is 107 cm³/mol. The van der Waals surface area contributed by atoms with Crippen LogP contribution in [0.4, 0.5) is 4.79 Å². The number of alkyl carbamates (subject to hydrolysis) is 1. The Kier molecular flexibility index (Phi) is 10.8. The summed E-state index contributed by atoms with van der Waals surface area (Å²) < 4.78 is 28.9. The molecule has 0 spiro atoms. The molecule has 0 saturated carbocycles. The van der Waals surface area contributed by atoms with Crippen molar-refractivity contribution in [2.75, 3.05) is 13.2 Å². The van der Waals surface area contributed by atoms with Crippen molar-refractivity contribution in [3.8, 4) is 0 Å². The van der Waals surface area contributed by atoms with E-state index in [-0.39, 0.29) is 0 Å². The third-order valence-electron chi connectivity index (χ3n) is 3.63. The van der Waals surface area contributed by atoms with Crippen molar-refractivity contribution in [2.45, 2.75) is 62.1 Å². The summed E-state index contributed by atoms with van der Waals surface area (Å²) >= 11 is 16.6. The predicted octanol–water partition coefficient (Wildman–Crippen LogP) is 1.17. The van der Waals surface area contributed by atoms with Gasteiger partial charge in [-0.3, -0.25) is 19.2 Å². The third-order valence-corrected chi connectivity index (χ3v) is 3.96. The average molecular weight is 523 g/mol. The fourth-order valence-electron chi connectivity index (χ4n) is 2.65. The number of esters is 4. The molecule has 1 rings (SSSR count). The smallest absolute Gasteiger partial charge is 0.407 e. The number of carbonyl (C=O) groups excluding carboxylic acids is 5. The Morgan fingerprint density at radius 1 is 0.812 bits per heavy atom.